The second kappa shape index (κ2) is 5.06. The standard InChI is InChI=1S/C11H6F10/c12-8(10(16,17)18,11(19,20)21)5-6-1-3-7(4-2-6)9(13,14)15/h1-4H,5H2. The zero-order valence-electron chi connectivity index (χ0n) is 9.80. The van der Waals surface area contributed by atoms with E-state index in [0.717, 1.165) is 0 Å². The van der Waals surface area contributed by atoms with Crippen molar-refractivity contribution in [1.29, 1.82) is 0 Å². The quantitative estimate of drug-likeness (QED) is 0.664. The van der Waals surface area contributed by atoms with E-state index >= 15 is 0 Å². The first-order chi connectivity index (χ1) is 9.18. The highest BCUT2D eigenvalue weighted by atomic mass is 19.4. The number of hydrogen-bond acceptors (Lipinski definition) is 0. The van der Waals surface area contributed by atoms with Gasteiger partial charge in [-0.15, -0.1) is 0 Å². The van der Waals surface area contributed by atoms with Crippen molar-refractivity contribution in [1.82, 2.24) is 0 Å². The van der Waals surface area contributed by atoms with E-state index < -0.39 is 41.7 Å². The monoisotopic (exact) mass is 328 g/mol. The van der Waals surface area contributed by atoms with E-state index in [1.54, 1.807) is 0 Å². The van der Waals surface area contributed by atoms with Gasteiger partial charge in [-0.05, 0) is 17.7 Å². The lowest BCUT2D eigenvalue weighted by molar-refractivity contribution is -0.340. The highest BCUT2D eigenvalue weighted by Gasteiger charge is 2.72. The Balaban J connectivity index is 3.13. The Morgan fingerprint density at radius 3 is 1.29 bits per heavy atom. The van der Waals surface area contributed by atoms with E-state index in [-0.39, 0.29) is 12.1 Å². The van der Waals surface area contributed by atoms with Crippen LogP contribution in [0.3, 0.4) is 0 Å². The molecule has 120 valence electrons. The molecule has 0 nitrogen and oxygen atoms in total. The third-order valence-electron chi connectivity index (χ3n) is 2.63. The Labute approximate surface area is 111 Å². The molecule has 0 aliphatic carbocycles. The molecular formula is C11H6F10. The summed E-state index contributed by atoms with van der Waals surface area (Å²) in [6, 6.07) is 1.30. The van der Waals surface area contributed by atoms with Crippen LogP contribution in [0.5, 0.6) is 0 Å². The zero-order valence-corrected chi connectivity index (χ0v) is 9.80. The Hall–Kier alpha value is -1.48. The van der Waals surface area contributed by atoms with Gasteiger partial charge in [0, 0.05) is 6.42 Å². The molecule has 1 rings (SSSR count). The normalized spacial score (nSPS) is 14.4. The Morgan fingerprint density at radius 1 is 0.619 bits per heavy atom. The van der Waals surface area contributed by atoms with E-state index in [1.807, 2.05) is 0 Å². The smallest absolute Gasteiger partial charge is 0.223 e. The highest BCUT2D eigenvalue weighted by molar-refractivity contribution is 5.26. The summed E-state index contributed by atoms with van der Waals surface area (Å²) in [6.07, 6.45) is -19.4. The maximum Gasteiger partial charge on any atom is 0.431 e. The number of hydrogen-bond donors (Lipinski definition) is 0. The minimum absolute atomic E-state index is 0.280. The van der Waals surface area contributed by atoms with E-state index in [1.165, 1.54) is 0 Å². The lowest BCUT2D eigenvalue weighted by atomic mass is 9.94. The molecule has 0 N–H and O–H groups in total. The van der Waals surface area contributed by atoms with Gasteiger partial charge in [-0.25, -0.2) is 4.39 Å². The number of halogens is 10. The summed E-state index contributed by atoms with van der Waals surface area (Å²) in [5.41, 5.74) is -7.66. The van der Waals surface area contributed by atoms with Gasteiger partial charge in [-0.2, -0.15) is 39.5 Å². The first-order valence-corrected chi connectivity index (χ1v) is 5.17. The van der Waals surface area contributed by atoms with Crippen LogP contribution in [0.2, 0.25) is 0 Å². The molecule has 0 heterocycles. The van der Waals surface area contributed by atoms with Gasteiger partial charge in [0.2, 0.25) is 0 Å². The van der Waals surface area contributed by atoms with Crippen LogP contribution >= 0.6 is 0 Å². The molecule has 0 saturated heterocycles. The summed E-state index contributed by atoms with van der Waals surface area (Å²) in [6.45, 7) is 0. The molecule has 0 aromatic heterocycles. The zero-order chi connectivity index (χ0) is 16.7. The Kier molecular flexibility index (Phi) is 4.23. The van der Waals surface area contributed by atoms with Gasteiger partial charge in [0.1, 0.15) is 0 Å². The molecule has 1 aromatic carbocycles. The van der Waals surface area contributed by atoms with E-state index in [9.17, 15) is 43.9 Å². The predicted molar refractivity (Wildman–Crippen MR) is 51.1 cm³/mol. The summed E-state index contributed by atoms with van der Waals surface area (Å²) >= 11 is 0. The van der Waals surface area contributed by atoms with Gasteiger partial charge < -0.3 is 0 Å². The van der Waals surface area contributed by atoms with Crippen LogP contribution in [0.15, 0.2) is 24.3 Å². The first-order valence-electron chi connectivity index (χ1n) is 5.17. The molecule has 0 aliphatic rings. The van der Waals surface area contributed by atoms with Crippen molar-refractivity contribution >= 4 is 0 Å². The van der Waals surface area contributed by atoms with Gasteiger partial charge >= 0.3 is 24.2 Å². The average Bonchev–Trinajstić information content (AvgIpc) is 2.25. The average molecular weight is 328 g/mol. The van der Waals surface area contributed by atoms with Crippen LogP contribution in [0.4, 0.5) is 43.9 Å². The van der Waals surface area contributed by atoms with Gasteiger partial charge in [0.15, 0.2) is 0 Å². The second-order valence-electron chi connectivity index (χ2n) is 4.17. The summed E-state index contributed by atoms with van der Waals surface area (Å²) in [7, 11) is 0. The fraction of sp³-hybridized carbons (Fsp3) is 0.455. The lowest BCUT2D eigenvalue weighted by Crippen LogP contribution is -2.54. The van der Waals surface area contributed by atoms with Crippen molar-refractivity contribution in [2.75, 3.05) is 0 Å². The Morgan fingerprint density at radius 2 is 1.00 bits per heavy atom. The van der Waals surface area contributed by atoms with Gasteiger partial charge in [-0.1, -0.05) is 12.1 Å². The van der Waals surface area contributed by atoms with Crippen molar-refractivity contribution < 1.29 is 43.9 Å². The minimum atomic E-state index is -6.24. The molecule has 0 radical (unpaired) electrons. The van der Waals surface area contributed by atoms with Crippen LogP contribution in [0, 0.1) is 0 Å². The summed E-state index contributed by atoms with van der Waals surface area (Å²) in [5.74, 6) is 0. The van der Waals surface area contributed by atoms with Gasteiger partial charge in [-0.3, -0.25) is 0 Å². The van der Waals surface area contributed by atoms with Crippen LogP contribution in [0.25, 0.3) is 0 Å². The molecule has 10 heteroatoms. The van der Waals surface area contributed by atoms with Crippen molar-refractivity contribution in [3.63, 3.8) is 0 Å². The van der Waals surface area contributed by atoms with Crippen molar-refractivity contribution in [3.8, 4) is 0 Å². The van der Waals surface area contributed by atoms with E-state index in [4.69, 9.17) is 0 Å². The predicted octanol–water partition coefficient (Wildman–Crippen LogP) is 5.08. The number of alkyl halides is 10. The third kappa shape index (κ3) is 3.59. The highest BCUT2D eigenvalue weighted by Crippen LogP contribution is 2.48. The van der Waals surface area contributed by atoms with Crippen LogP contribution in [0.1, 0.15) is 11.1 Å². The van der Waals surface area contributed by atoms with Crippen LogP contribution in [-0.4, -0.2) is 18.0 Å². The molecule has 0 spiro atoms. The molecule has 0 amide bonds. The topological polar surface area (TPSA) is 0 Å². The molecule has 0 unspecified atom stereocenters. The largest absolute Gasteiger partial charge is 0.431 e. The van der Waals surface area contributed by atoms with E-state index in [0.29, 0.717) is 12.1 Å². The fourth-order valence-electron chi connectivity index (χ4n) is 1.45. The molecule has 1 aromatic rings. The summed E-state index contributed by atoms with van der Waals surface area (Å²) < 4.78 is 124. The summed E-state index contributed by atoms with van der Waals surface area (Å²) in [4.78, 5) is 0. The first kappa shape index (κ1) is 17.6. The second-order valence-corrected chi connectivity index (χ2v) is 4.17. The molecule has 0 bridgehead atoms. The fourth-order valence-corrected chi connectivity index (χ4v) is 1.45. The van der Waals surface area contributed by atoms with Gasteiger partial charge in [0.25, 0.3) is 0 Å². The summed E-state index contributed by atoms with van der Waals surface area (Å²) in [5, 5.41) is 0. The Bertz CT molecular complexity index is 462. The maximum atomic E-state index is 13.4. The molecular weight excluding hydrogens is 322 g/mol. The van der Waals surface area contributed by atoms with Crippen LogP contribution in [-0.2, 0) is 12.6 Å². The molecule has 0 atom stereocenters. The van der Waals surface area contributed by atoms with Crippen molar-refractivity contribution in [3.05, 3.63) is 35.4 Å². The minimum Gasteiger partial charge on any atom is -0.223 e. The van der Waals surface area contributed by atoms with Gasteiger partial charge in [0.05, 0.1) is 5.56 Å². The van der Waals surface area contributed by atoms with Crippen molar-refractivity contribution in [2.45, 2.75) is 30.6 Å². The number of benzene rings is 1. The maximum absolute atomic E-state index is 13.4. The van der Waals surface area contributed by atoms with Crippen LogP contribution < -0.4 is 0 Å². The molecule has 0 fully saturated rings. The SMILES string of the molecule is FC(F)(F)c1ccc(CC(F)(C(F)(F)F)C(F)(F)F)cc1. The lowest BCUT2D eigenvalue weighted by Gasteiger charge is -2.30. The molecule has 0 aliphatic heterocycles. The molecule has 0 saturated carbocycles. The molecule has 21 heavy (non-hydrogen) atoms. The van der Waals surface area contributed by atoms with E-state index in [2.05, 4.69) is 0 Å². The number of rotatable bonds is 2. The third-order valence-corrected chi connectivity index (χ3v) is 2.63. The van der Waals surface area contributed by atoms with Crippen molar-refractivity contribution in [2.24, 2.45) is 0 Å².